The lowest BCUT2D eigenvalue weighted by Gasteiger charge is -2.27. The molecule has 2 heterocycles. The molecule has 1 aromatic rings. The molecule has 0 bridgehead atoms. The van der Waals surface area contributed by atoms with Gasteiger partial charge in [0.15, 0.2) is 0 Å². The van der Waals surface area contributed by atoms with Crippen molar-refractivity contribution in [2.45, 2.75) is 17.2 Å². The van der Waals surface area contributed by atoms with Crippen LogP contribution in [0.1, 0.15) is 6.92 Å². The van der Waals surface area contributed by atoms with Crippen LogP contribution < -0.4 is 0 Å². The zero-order valence-electron chi connectivity index (χ0n) is 10.7. The van der Waals surface area contributed by atoms with E-state index in [4.69, 9.17) is 9.84 Å². The third-order valence-corrected chi connectivity index (χ3v) is 7.25. The summed E-state index contributed by atoms with van der Waals surface area (Å²) in [5, 5.41) is 9.16. The van der Waals surface area contributed by atoms with Crippen LogP contribution in [0.25, 0.3) is 0 Å². The van der Waals surface area contributed by atoms with E-state index in [1.54, 1.807) is 13.0 Å². The molecule has 1 aliphatic rings. The molecule has 2 atom stereocenters. The molecule has 1 fully saturated rings. The second kappa shape index (κ2) is 6.10. The first kappa shape index (κ1) is 15.9. The number of carbonyl (C=O) groups is 1. The molecule has 112 valence electrons. The number of hydrogen-bond donors (Lipinski definition) is 1. The molecule has 1 N–H and O–H groups in total. The maximum absolute atomic E-state index is 12.6. The molecule has 20 heavy (non-hydrogen) atoms. The van der Waals surface area contributed by atoms with E-state index in [0.29, 0.717) is 3.79 Å². The molecule has 1 aromatic heterocycles. The third-order valence-electron chi connectivity index (χ3n) is 3.16. The molecule has 2 unspecified atom stereocenters. The largest absolute Gasteiger partial charge is 0.481 e. The van der Waals surface area contributed by atoms with Crippen LogP contribution in [-0.2, 0) is 19.6 Å². The van der Waals surface area contributed by atoms with Crippen molar-refractivity contribution >= 4 is 43.3 Å². The summed E-state index contributed by atoms with van der Waals surface area (Å²) in [5.41, 5.74) is 0. The number of halogens is 1. The van der Waals surface area contributed by atoms with Crippen molar-refractivity contribution in [2.24, 2.45) is 5.92 Å². The van der Waals surface area contributed by atoms with E-state index >= 15 is 0 Å². The van der Waals surface area contributed by atoms with Crippen LogP contribution in [0.3, 0.4) is 0 Å². The van der Waals surface area contributed by atoms with Gasteiger partial charge in [0.1, 0.15) is 4.21 Å². The first-order valence-corrected chi connectivity index (χ1v) is 9.00. The molecule has 0 radical (unpaired) electrons. The Kier molecular flexibility index (Phi) is 4.85. The lowest BCUT2D eigenvalue weighted by atomic mass is 10.0. The Morgan fingerprint density at radius 3 is 2.75 bits per heavy atom. The fourth-order valence-corrected chi connectivity index (χ4v) is 5.99. The van der Waals surface area contributed by atoms with Crippen LogP contribution in [0.2, 0.25) is 0 Å². The van der Waals surface area contributed by atoms with Crippen molar-refractivity contribution in [3.05, 3.63) is 15.9 Å². The second-order valence-electron chi connectivity index (χ2n) is 4.32. The van der Waals surface area contributed by atoms with Gasteiger partial charge in [0.2, 0.25) is 0 Å². The number of hydrogen-bond acceptors (Lipinski definition) is 5. The number of carboxylic acid groups (broad SMARTS) is 1. The van der Waals surface area contributed by atoms with Gasteiger partial charge >= 0.3 is 5.97 Å². The monoisotopic (exact) mass is 383 g/mol. The van der Waals surface area contributed by atoms with Crippen molar-refractivity contribution in [3.8, 4) is 0 Å². The van der Waals surface area contributed by atoms with Gasteiger partial charge in [-0.25, -0.2) is 8.42 Å². The van der Waals surface area contributed by atoms with E-state index in [-0.39, 0.29) is 24.0 Å². The molecule has 0 spiro atoms. The van der Waals surface area contributed by atoms with Crippen molar-refractivity contribution in [1.29, 1.82) is 0 Å². The Balaban J connectivity index is 2.34. The number of carboxylic acids is 1. The highest BCUT2D eigenvalue weighted by Crippen LogP contribution is 2.31. The number of aliphatic carboxylic acids is 1. The number of ether oxygens (including phenoxy) is 1. The zero-order chi connectivity index (χ0) is 14.9. The number of nitrogens with zero attached hydrogens (tertiary/aromatic N) is 1. The SMILES string of the molecule is CCN(C1COCC1C(=O)O)S(=O)(=O)c1ccc(Br)s1. The smallest absolute Gasteiger partial charge is 0.310 e. The van der Waals surface area contributed by atoms with Crippen molar-refractivity contribution in [1.82, 2.24) is 4.31 Å². The summed E-state index contributed by atoms with van der Waals surface area (Å²) < 4.78 is 32.5. The molecule has 0 aliphatic carbocycles. The lowest BCUT2D eigenvalue weighted by Crippen LogP contribution is -2.46. The summed E-state index contributed by atoms with van der Waals surface area (Å²) in [7, 11) is -3.70. The summed E-state index contributed by atoms with van der Waals surface area (Å²) >= 11 is 4.34. The third kappa shape index (κ3) is 2.91. The number of rotatable bonds is 5. The molecule has 9 heteroatoms. The molecule has 0 aromatic carbocycles. The first-order chi connectivity index (χ1) is 9.37. The predicted octanol–water partition coefficient (Wildman–Crippen LogP) is 1.62. The summed E-state index contributed by atoms with van der Waals surface area (Å²) in [6, 6.07) is 2.51. The van der Waals surface area contributed by atoms with Gasteiger partial charge in [-0.05, 0) is 28.1 Å². The summed E-state index contributed by atoms with van der Waals surface area (Å²) in [4.78, 5) is 11.2. The minimum Gasteiger partial charge on any atom is -0.481 e. The van der Waals surface area contributed by atoms with Crippen LogP contribution in [0.15, 0.2) is 20.1 Å². The Morgan fingerprint density at radius 2 is 2.25 bits per heavy atom. The predicted molar refractivity (Wildman–Crippen MR) is 77.3 cm³/mol. The van der Waals surface area contributed by atoms with Gasteiger partial charge in [0, 0.05) is 6.54 Å². The Hall–Kier alpha value is -0.480. The molecule has 6 nitrogen and oxygen atoms in total. The van der Waals surface area contributed by atoms with Gasteiger partial charge < -0.3 is 9.84 Å². The van der Waals surface area contributed by atoms with Gasteiger partial charge in [0.05, 0.1) is 29.0 Å². The van der Waals surface area contributed by atoms with Gasteiger partial charge in [-0.3, -0.25) is 4.79 Å². The van der Waals surface area contributed by atoms with Crippen LogP contribution in [0, 0.1) is 5.92 Å². The summed E-state index contributed by atoms with van der Waals surface area (Å²) in [5.74, 6) is -1.86. The van der Waals surface area contributed by atoms with Crippen LogP contribution in [0.5, 0.6) is 0 Å². The molecule has 2 rings (SSSR count). The summed E-state index contributed by atoms with van der Waals surface area (Å²) in [6.07, 6.45) is 0. The fraction of sp³-hybridized carbons (Fsp3) is 0.545. The average Bonchev–Trinajstić information content (AvgIpc) is 2.98. The van der Waals surface area contributed by atoms with Crippen molar-refractivity contribution in [2.75, 3.05) is 19.8 Å². The normalized spacial score (nSPS) is 23.4. The molecular weight excluding hydrogens is 370 g/mol. The topological polar surface area (TPSA) is 83.9 Å². The molecule has 1 aliphatic heterocycles. The second-order valence-corrected chi connectivity index (χ2v) is 8.90. The highest BCUT2D eigenvalue weighted by atomic mass is 79.9. The average molecular weight is 384 g/mol. The van der Waals surface area contributed by atoms with Crippen LogP contribution >= 0.6 is 27.3 Å². The Labute approximate surface area is 129 Å². The van der Waals surface area contributed by atoms with Crippen molar-refractivity contribution in [3.63, 3.8) is 0 Å². The summed E-state index contributed by atoms with van der Waals surface area (Å²) in [6.45, 7) is 2.05. The molecule has 1 saturated heterocycles. The van der Waals surface area contributed by atoms with E-state index in [9.17, 15) is 13.2 Å². The highest BCUT2D eigenvalue weighted by Gasteiger charge is 2.42. The van der Waals surface area contributed by atoms with E-state index in [1.807, 2.05) is 0 Å². The minimum atomic E-state index is -3.70. The van der Waals surface area contributed by atoms with E-state index < -0.39 is 28.0 Å². The first-order valence-electron chi connectivity index (χ1n) is 5.95. The van der Waals surface area contributed by atoms with Crippen LogP contribution in [-0.4, -0.2) is 49.6 Å². The van der Waals surface area contributed by atoms with E-state index in [0.717, 1.165) is 11.3 Å². The number of sulfonamides is 1. The lowest BCUT2D eigenvalue weighted by molar-refractivity contribution is -0.142. The van der Waals surface area contributed by atoms with Gasteiger partial charge in [-0.15, -0.1) is 11.3 Å². The number of likely N-dealkylation sites (N-methyl/N-ethyl adjacent to an activating group) is 1. The van der Waals surface area contributed by atoms with Gasteiger partial charge in [-0.1, -0.05) is 6.92 Å². The maximum Gasteiger partial charge on any atom is 0.310 e. The van der Waals surface area contributed by atoms with Crippen LogP contribution in [0.4, 0.5) is 0 Å². The van der Waals surface area contributed by atoms with Gasteiger partial charge in [0.25, 0.3) is 10.0 Å². The molecular formula is C11H14BrNO5S2. The Morgan fingerprint density at radius 1 is 1.55 bits per heavy atom. The fourth-order valence-electron chi connectivity index (χ4n) is 2.20. The Bertz CT molecular complexity index is 600. The van der Waals surface area contributed by atoms with E-state index in [1.165, 1.54) is 10.4 Å². The van der Waals surface area contributed by atoms with Gasteiger partial charge in [-0.2, -0.15) is 4.31 Å². The number of thiophene rings is 1. The zero-order valence-corrected chi connectivity index (χ0v) is 13.9. The maximum atomic E-state index is 12.6. The van der Waals surface area contributed by atoms with E-state index in [2.05, 4.69) is 15.9 Å². The molecule has 0 amide bonds. The minimum absolute atomic E-state index is 0.0418. The standard InChI is InChI=1S/C11H14BrNO5S2/c1-2-13(8-6-18-5-7(8)11(14)15)20(16,17)10-4-3-9(12)19-10/h3-4,7-8H,2,5-6H2,1H3,(H,14,15). The highest BCUT2D eigenvalue weighted by molar-refractivity contribution is 9.11. The molecule has 0 saturated carbocycles. The van der Waals surface area contributed by atoms with Crippen molar-refractivity contribution < 1.29 is 23.1 Å². The quantitative estimate of drug-likeness (QED) is 0.834.